The summed E-state index contributed by atoms with van der Waals surface area (Å²) in [4.78, 5) is 32.6. The topological polar surface area (TPSA) is 79.7 Å². The molecule has 1 unspecified atom stereocenters. The molecule has 3 aromatic carbocycles. The van der Waals surface area contributed by atoms with E-state index in [4.69, 9.17) is 4.74 Å². The standard InChI is InChI=1S/C28H23FN2O4S/c1-3-14-35-20-11-7-17(8-12-20)24-23(25(32)18-5-9-19(29)10-6-18)26(33)27(34)31(24)28-30-21-13-4-16(2)15-22(21)36-28/h4-13,15,24,32H,3,14H2,1-2H3/b25-23+. The fourth-order valence-electron chi connectivity index (χ4n) is 4.20. The number of ketones is 1. The third kappa shape index (κ3) is 4.24. The van der Waals surface area contributed by atoms with Gasteiger partial charge in [0, 0.05) is 5.56 Å². The summed E-state index contributed by atoms with van der Waals surface area (Å²) in [6.07, 6.45) is 0.858. The highest BCUT2D eigenvalue weighted by Crippen LogP contribution is 2.44. The van der Waals surface area contributed by atoms with Crippen LogP contribution < -0.4 is 9.64 Å². The molecule has 1 fully saturated rings. The quantitative estimate of drug-likeness (QED) is 0.194. The number of nitrogens with zero attached hydrogens (tertiary/aromatic N) is 2. The van der Waals surface area contributed by atoms with E-state index in [1.165, 1.54) is 40.5 Å². The number of hydrogen-bond acceptors (Lipinski definition) is 6. The normalized spacial score (nSPS) is 17.2. The fourth-order valence-corrected chi connectivity index (χ4v) is 5.29. The van der Waals surface area contributed by atoms with Crippen LogP contribution in [0.1, 0.15) is 36.1 Å². The first-order valence-electron chi connectivity index (χ1n) is 11.5. The highest BCUT2D eigenvalue weighted by Gasteiger charge is 2.48. The molecule has 0 radical (unpaired) electrons. The maximum absolute atomic E-state index is 13.5. The van der Waals surface area contributed by atoms with E-state index in [-0.39, 0.29) is 16.9 Å². The van der Waals surface area contributed by atoms with Gasteiger partial charge in [-0.15, -0.1) is 0 Å². The molecule has 36 heavy (non-hydrogen) atoms. The van der Waals surface area contributed by atoms with Crippen molar-refractivity contribution in [3.8, 4) is 5.75 Å². The van der Waals surface area contributed by atoms with Crippen LogP contribution in [0.25, 0.3) is 16.0 Å². The Morgan fingerprint density at radius 2 is 1.81 bits per heavy atom. The minimum absolute atomic E-state index is 0.0794. The Balaban J connectivity index is 1.67. The first kappa shape index (κ1) is 23.7. The van der Waals surface area contributed by atoms with E-state index < -0.39 is 23.5 Å². The number of aromatic nitrogens is 1. The highest BCUT2D eigenvalue weighted by atomic mass is 32.1. The predicted molar refractivity (Wildman–Crippen MR) is 138 cm³/mol. The van der Waals surface area contributed by atoms with Crippen molar-refractivity contribution in [2.75, 3.05) is 11.5 Å². The Bertz CT molecular complexity index is 1490. The van der Waals surface area contributed by atoms with Crippen molar-refractivity contribution < 1.29 is 23.8 Å². The number of Topliss-reactive ketones (excluding diaryl/α,β-unsaturated/α-hetero) is 1. The van der Waals surface area contributed by atoms with Crippen LogP contribution >= 0.6 is 11.3 Å². The second-order valence-electron chi connectivity index (χ2n) is 8.56. The van der Waals surface area contributed by atoms with E-state index in [2.05, 4.69) is 4.98 Å². The third-order valence-electron chi connectivity index (χ3n) is 5.97. The van der Waals surface area contributed by atoms with Gasteiger partial charge in [0.1, 0.15) is 17.3 Å². The van der Waals surface area contributed by atoms with Crippen molar-refractivity contribution in [3.05, 3.63) is 94.8 Å². The molecule has 182 valence electrons. The van der Waals surface area contributed by atoms with Gasteiger partial charge in [0.05, 0.1) is 28.4 Å². The number of carbonyl (C=O) groups excluding carboxylic acids is 2. The number of aryl methyl sites for hydroxylation is 1. The summed E-state index contributed by atoms with van der Waals surface area (Å²) >= 11 is 1.30. The third-order valence-corrected chi connectivity index (χ3v) is 6.99. The van der Waals surface area contributed by atoms with Crippen molar-refractivity contribution in [1.29, 1.82) is 0 Å². The van der Waals surface area contributed by atoms with Gasteiger partial charge in [0.2, 0.25) is 0 Å². The van der Waals surface area contributed by atoms with Crippen LogP contribution in [0, 0.1) is 12.7 Å². The number of hydrogen-bond donors (Lipinski definition) is 1. The van der Waals surface area contributed by atoms with Crippen molar-refractivity contribution >= 4 is 44.1 Å². The molecule has 8 heteroatoms. The van der Waals surface area contributed by atoms with E-state index in [9.17, 15) is 19.1 Å². The molecular weight excluding hydrogens is 479 g/mol. The molecule has 1 aromatic heterocycles. The van der Waals surface area contributed by atoms with Gasteiger partial charge in [0.25, 0.3) is 5.78 Å². The van der Waals surface area contributed by atoms with Gasteiger partial charge in [-0.1, -0.05) is 36.5 Å². The van der Waals surface area contributed by atoms with Crippen LogP contribution in [0.2, 0.25) is 0 Å². The van der Waals surface area contributed by atoms with E-state index in [0.717, 1.165) is 16.7 Å². The summed E-state index contributed by atoms with van der Waals surface area (Å²) < 4.78 is 20.1. The molecule has 0 spiro atoms. The summed E-state index contributed by atoms with van der Waals surface area (Å²) in [5.74, 6) is -1.80. The Labute approximate surface area is 211 Å². The van der Waals surface area contributed by atoms with Gasteiger partial charge >= 0.3 is 5.91 Å². The smallest absolute Gasteiger partial charge is 0.301 e. The summed E-state index contributed by atoms with van der Waals surface area (Å²) in [5.41, 5.74) is 2.53. The number of benzene rings is 3. The number of amides is 1. The average molecular weight is 503 g/mol. The second-order valence-corrected chi connectivity index (χ2v) is 9.57. The van der Waals surface area contributed by atoms with E-state index in [1.54, 1.807) is 24.3 Å². The number of halogens is 1. The molecular formula is C28H23FN2O4S. The van der Waals surface area contributed by atoms with Crippen molar-refractivity contribution in [2.24, 2.45) is 0 Å². The molecule has 0 saturated carbocycles. The van der Waals surface area contributed by atoms with Gasteiger partial charge in [-0.2, -0.15) is 0 Å². The molecule has 6 nitrogen and oxygen atoms in total. The molecule has 1 aliphatic rings. The largest absolute Gasteiger partial charge is 0.507 e. The van der Waals surface area contributed by atoms with Crippen LogP contribution in [0.4, 0.5) is 9.52 Å². The summed E-state index contributed by atoms with van der Waals surface area (Å²) in [6.45, 7) is 4.54. The molecule has 2 heterocycles. The second kappa shape index (κ2) is 9.54. The van der Waals surface area contributed by atoms with Crippen LogP contribution in [0.5, 0.6) is 5.75 Å². The lowest BCUT2D eigenvalue weighted by Crippen LogP contribution is -2.29. The summed E-state index contributed by atoms with van der Waals surface area (Å²) in [7, 11) is 0. The molecule has 1 amide bonds. The minimum Gasteiger partial charge on any atom is -0.507 e. The number of aliphatic hydroxyl groups is 1. The van der Waals surface area contributed by atoms with Gasteiger partial charge in [-0.3, -0.25) is 14.5 Å². The number of aliphatic hydroxyl groups excluding tert-OH is 1. The lowest BCUT2D eigenvalue weighted by molar-refractivity contribution is -0.132. The number of anilines is 1. The lowest BCUT2D eigenvalue weighted by atomic mass is 9.95. The highest BCUT2D eigenvalue weighted by molar-refractivity contribution is 7.22. The Morgan fingerprint density at radius 1 is 1.08 bits per heavy atom. The molecule has 0 aliphatic carbocycles. The SMILES string of the molecule is CCCOc1ccc(C2/C(=C(\O)c3ccc(F)cc3)C(=O)C(=O)N2c2nc3ccc(C)cc3s2)cc1. The van der Waals surface area contributed by atoms with Crippen LogP contribution in [0.3, 0.4) is 0 Å². The predicted octanol–water partition coefficient (Wildman–Crippen LogP) is 6.16. The number of rotatable bonds is 6. The monoisotopic (exact) mass is 502 g/mol. The first-order valence-corrected chi connectivity index (χ1v) is 12.4. The molecule has 1 aliphatic heterocycles. The number of thiazole rings is 1. The molecule has 1 N–H and O–H groups in total. The minimum atomic E-state index is -0.920. The maximum Gasteiger partial charge on any atom is 0.301 e. The Hall–Kier alpha value is -4.04. The first-order chi connectivity index (χ1) is 17.4. The van der Waals surface area contributed by atoms with E-state index in [0.29, 0.717) is 28.6 Å². The average Bonchev–Trinajstić information content (AvgIpc) is 3.40. The Kier molecular flexibility index (Phi) is 6.28. The number of ether oxygens (including phenoxy) is 1. The zero-order chi connectivity index (χ0) is 25.4. The number of fused-ring (bicyclic) bond motifs is 1. The zero-order valence-corrected chi connectivity index (χ0v) is 20.5. The van der Waals surface area contributed by atoms with Gasteiger partial charge in [-0.05, 0) is 73.0 Å². The zero-order valence-electron chi connectivity index (χ0n) is 19.7. The summed E-state index contributed by atoms with van der Waals surface area (Å²) in [6, 6.07) is 17.1. The Morgan fingerprint density at radius 3 is 2.50 bits per heavy atom. The van der Waals surface area contributed by atoms with E-state index >= 15 is 0 Å². The van der Waals surface area contributed by atoms with Gasteiger partial charge in [0.15, 0.2) is 5.13 Å². The lowest BCUT2D eigenvalue weighted by Gasteiger charge is -2.23. The number of carbonyl (C=O) groups is 2. The van der Waals surface area contributed by atoms with Crippen molar-refractivity contribution in [2.45, 2.75) is 26.3 Å². The van der Waals surface area contributed by atoms with Gasteiger partial charge in [-0.25, -0.2) is 9.37 Å². The van der Waals surface area contributed by atoms with Crippen LogP contribution in [0.15, 0.2) is 72.3 Å². The molecule has 0 bridgehead atoms. The van der Waals surface area contributed by atoms with E-state index in [1.807, 2.05) is 32.0 Å². The molecule has 5 rings (SSSR count). The summed E-state index contributed by atoms with van der Waals surface area (Å²) in [5, 5.41) is 11.5. The molecule has 4 aromatic rings. The van der Waals surface area contributed by atoms with Crippen molar-refractivity contribution in [1.82, 2.24) is 4.98 Å². The van der Waals surface area contributed by atoms with Crippen molar-refractivity contribution in [3.63, 3.8) is 0 Å². The fraction of sp³-hybridized carbons (Fsp3) is 0.179. The van der Waals surface area contributed by atoms with Crippen LogP contribution in [-0.2, 0) is 9.59 Å². The maximum atomic E-state index is 13.5. The van der Waals surface area contributed by atoms with Crippen LogP contribution in [-0.4, -0.2) is 28.4 Å². The molecule has 1 saturated heterocycles. The van der Waals surface area contributed by atoms with Gasteiger partial charge < -0.3 is 9.84 Å². The molecule has 1 atom stereocenters.